The van der Waals surface area contributed by atoms with Crippen LogP contribution >= 0.6 is 0 Å². The molecule has 0 saturated heterocycles. The van der Waals surface area contributed by atoms with Gasteiger partial charge in [-0.15, -0.1) is 0 Å². The van der Waals surface area contributed by atoms with Crippen LogP contribution in [0.1, 0.15) is 23.4 Å². The van der Waals surface area contributed by atoms with E-state index in [1.165, 1.54) is 5.69 Å². The van der Waals surface area contributed by atoms with Crippen molar-refractivity contribution in [3.63, 3.8) is 0 Å². The summed E-state index contributed by atoms with van der Waals surface area (Å²) < 4.78 is 12.8. The lowest BCUT2D eigenvalue weighted by Gasteiger charge is -2.12. The molecule has 0 radical (unpaired) electrons. The van der Waals surface area contributed by atoms with Crippen molar-refractivity contribution in [3.8, 4) is 11.5 Å². The highest BCUT2D eigenvalue weighted by Crippen LogP contribution is 2.32. The van der Waals surface area contributed by atoms with Crippen molar-refractivity contribution in [2.75, 3.05) is 20.4 Å². The highest BCUT2D eigenvalue weighted by Gasteiger charge is 2.13. The number of nitrogens with zero attached hydrogens (tertiary/aromatic N) is 3. The lowest BCUT2D eigenvalue weighted by atomic mass is 10.2. The van der Waals surface area contributed by atoms with Gasteiger partial charge >= 0.3 is 0 Å². The summed E-state index contributed by atoms with van der Waals surface area (Å²) in [6.45, 7) is 6.80. The van der Waals surface area contributed by atoms with Crippen molar-refractivity contribution >= 4 is 5.96 Å². The van der Waals surface area contributed by atoms with Gasteiger partial charge in [-0.05, 0) is 44.0 Å². The third-order valence-corrected chi connectivity index (χ3v) is 4.06. The minimum atomic E-state index is 0.296. The van der Waals surface area contributed by atoms with Gasteiger partial charge in [-0.3, -0.25) is 9.67 Å². The molecule has 134 valence electrons. The number of hydrogen-bond acceptors (Lipinski definition) is 4. The molecule has 0 amide bonds. The number of aliphatic imine (C=N–C) groups is 1. The maximum absolute atomic E-state index is 5.40. The number of aryl methyl sites for hydroxylation is 3. The van der Waals surface area contributed by atoms with E-state index >= 15 is 0 Å². The van der Waals surface area contributed by atoms with Gasteiger partial charge in [0.05, 0.1) is 5.69 Å². The van der Waals surface area contributed by atoms with E-state index in [0.717, 1.165) is 48.2 Å². The van der Waals surface area contributed by atoms with E-state index in [-0.39, 0.29) is 0 Å². The fourth-order valence-corrected chi connectivity index (χ4v) is 2.79. The van der Waals surface area contributed by atoms with Crippen LogP contribution in [0.4, 0.5) is 0 Å². The molecule has 3 rings (SSSR count). The summed E-state index contributed by atoms with van der Waals surface area (Å²) >= 11 is 0. The summed E-state index contributed by atoms with van der Waals surface area (Å²) in [6, 6.07) is 8.05. The number of benzene rings is 1. The molecule has 0 bridgehead atoms. The first-order valence-corrected chi connectivity index (χ1v) is 8.50. The number of fused-ring (bicyclic) bond motifs is 1. The summed E-state index contributed by atoms with van der Waals surface area (Å²) in [5, 5.41) is 11.1. The van der Waals surface area contributed by atoms with Gasteiger partial charge < -0.3 is 20.1 Å². The molecule has 2 aromatic rings. The van der Waals surface area contributed by atoms with E-state index in [0.29, 0.717) is 13.3 Å². The third-order valence-electron chi connectivity index (χ3n) is 4.06. The minimum absolute atomic E-state index is 0.296. The van der Waals surface area contributed by atoms with Crippen molar-refractivity contribution in [2.45, 2.75) is 33.4 Å². The Morgan fingerprint density at radius 1 is 1.20 bits per heavy atom. The van der Waals surface area contributed by atoms with Crippen molar-refractivity contribution in [2.24, 2.45) is 4.99 Å². The topological polar surface area (TPSA) is 72.7 Å². The van der Waals surface area contributed by atoms with Gasteiger partial charge in [0.15, 0.2) is 17.5 Å². The van der Waals surface area contributed by atoms with Crippen molar-refractivity contribution in [1.29, 1.82) is 0 Å². The number of hydrogen-bond donors (Lipinski definition) is 2. The molecule has 2 N–H and O–H groups in total. The van der Waals surface area contributed by atoms with Crippen LogP contribution in [0.2, 0.25) is 0 Å². The van der Waals surface area contributed by atoms with Gasteiger partial charge in [0.1, 0.15) is 0 Å². The Kier molecular flexibility index (Phi) is 5.42. The SMILES string of the molecule is CN=C(NCCCn1nc(C)cc1C)NCc1ccc2c(c1)OCO2. The highest BCUT2D eigenvalue weighted by molar-refractivity contribution is 5.79. The number of aromatic nitrogens is 2. The average molecular weight is 343 g/mol. The second-order valence-corrected chi connectivity index (χ2v) is 6.04. The lowest BCUT2D eigenvalue weighted by Crippen LogP contribution is -2.37. The van der Waals surface area contributed by atoms with Crippen LogP contribution in [-0.2, 0) is 13.1 Å². The predicted molar refractivity (Wildman–Crippen MR) is 97.1 cm³/mol. The molecular weight excluding hydrogens is 318 g/mol. The molecule has 0 unspecified atom stereocenters. The molecule has 1 aliphatic rings. The molecule has 0 atom stereocenters. The first-order valence-electron chi connectivity index (χ1n) is 8.50. The van der Waals surface area contributed by atoms with Gasteiger partial charge in [-0.2, -0.15) is 5.10 Å². The van der Waals surface area contributed by atoms with Crippen molar-refractivity contribution < 1.29 is 9.47 Å². The first kappa shape index (κ1) is 17.1. The van der Waals surface area contributed by atoms with E-state index in [9.17, 15) is 0 Å². The molecule has 7 heteroatoms. The molecule has 0 spiro atoms. The van der Waals surface area contributed by atoms with Gasteiger partial charge in [0.25, 0.3) is 0 Å². The summed E-state index contributed by atoms with van der Waals surface area (Å²) in [5.74, 6) is 2.38. The van der Waals surface area contributed by atoms with E-state index < -0.39 is 0 Å². The fraction of sp³-hybridized carbons (Fsp3) is 0.444. The Balaban J connectivity index is 1.41. The molecule has 1 aromatic heterocycles. The predicted octanol–water partition coefficient (Wildman–Crippen LogP) is 1.98. The van der Waals surface area contributed by atoms with Crippen LogP contribution < -0.4 is 20.1 Å². The molecule has 1 aromatic carbocycles. The first-order chi connectivity index (χ1) is 12.2. The number of guanidine groups is 1. The average Bonchev–Trinajstić information content (AvgIpc) is 3.19. The van der Waals surface area contributed by atoms with Crippen LogP contribution in [0.15, 0.2) is 29.3 Å². The molecule has 0 aliphatic carbocycles. The smallest absolute Gasteiger partial charge is 0.231 e. The van der Waals surface area contributed by atoms with Crippen LogP contribution in [0, 0.1) is 13.8 Å². The van der Waals surface area contributed by atoms with E-state index in [1.807, 2.05) is 29.8 Å². The van der Waals surface area contributed by atoms with Crippen LogP contribution in [0.3, 0.4) is 0 Å². The fourth-order valence-electron chi connectivity index (χ4n) is 2.79. The summed E-state index contributed by atoms with van der Waals surface area (Å²) in [4.78, 5) is 4.26. The Morgan fingerprint density at radius 2 is 2.04 bits per heavy atom. The number of nitrogens with one attached hydrogen (secondary N) is 2. The Morgan fingerprint density at radius 3 is 2.80 bits per heavy atom. The zero-order valence-electron chi connectivity index (χ0n) is 15.0. The normalized spacial score (nSPS) is 13.2. The van der Waals surface area contributed by atoms with Gasteiger partial charge in [0, 0.05) is 32.4 Å². The van der Waals surface area contributed by atoms with E-state index in [2.05, 4.69) is 33.7 Å². The second-order valence-electron chi connectivity index (χ2n) is 6.04. The summed E-state index contributed by atoms with van der Waals surface area (Å²) in [5.41, 5.74) is 3.38. The Hall–Kier alpha value is -2.70. The largest absolute Gasteiger partial charge is 0.454 e. The zero-order chi connectivity index (χ0) is 17.6. The van der Waals surface area contributed by atoms with Gasteiger partial charge in [0.2, 0.25) is 6.79 Å². The van der Waals surface area contributed by atoms with Crippen LogP contribution in [0.5, 0.6) is 11.5 Å². The maximum atomic E-state index is 5.40. The minimum Gasteiger partial charge on any atom is -0.454 e. The van der Waals surface area contributed by atoms with Gasteiger partial charge in [-0.1, -0.05) is 6.07 Å². The molecule has 2 heterocycles. The zero-order valence-corrected chi connectivity index (χ0v) is 15.0. The van der Waals surface area contributed by atoms with Gasteiger partial charge in [-0.25, -0.2) is 0 Å². The van der Waals surface area contributed by atoms with Crippen LogP contribution in [0.25, 0.3) is 0 Å². The Labute approximate surface area is 148 Å². The molecule has 7 nitrogen and oxygen atoms in total. The standard InChI is InChI=1S/C18H25N5O2/c1-13-9-14(2)23(22-13)8-4-7-20-18(19-3)21-11-15-5-6-16-17(10-15)25-12-24-16/h5-6,9-10H,4,7-8,11-12H2,1-3H3,(H2,19,20,21). The van der Waals surface area contributed by atoms with E-state index in [4.69, 9.17) is 9.47 Å². The number of rotatable bonds is 6. The molecule has 0 fully saturated rings. The molecule has 25 heavy (non-hydrogen) atoms. The number of ether oxygens (including phenoxy) is 2. The molecular formula is C18H25N5O2. The van der Waals surface area contributed by atoms with Crippen molar-refractivity contribution in [1.82, 2.24) is 20.4 Å². The monoisotopic (exact) mass is 343 g/mol. The third kappa shape index (κ3) is 4.43. The molecule has 0 saturated carbocycles. The summed E-state index contributed by atoms with van der Waals surface area (Å²) in [7, 11) is 1.77. The Bertz CT molecular complexity index is 754. The molecule has 1 aliphatic heterocycles. The van der Waals surface area contributed by atoms with Crippen LogP contribution in [-0.4, -0.2) is 36.1 Å². The van der Waals surface area contributed by atoms with E-state index in [1.54, 1.807) is 7.05 Å². The maximum Gasteiger partial charge on any atom is 0.231 e. The highest BCUT2D eigenvalue weighted by atomic mass is 16.7. The second kappa shape index (κ2) is 7.92. The van der Waals surface area contributed by atoms with Crippen molar-refractivity contribution in [3.05, 3.63) is 41.2 Å². The lowest BCUT2D eigenvalue weighted by molar-refractivity contribution is 0.174. The quantitative estimate of drug-likeness (QED) is 0.477. The summed E-state index contributed by atoms with van der Waals surface area (Å²) in [6.07, 6.45) is 0.979.